The number of nitrogens with zero attached hydrogens (tertiary/aromatic N) is 1. The van der Waals surface area contributed by atoms with Crippen LogP contribution in [-0.2, 0) is 0 Å². The molecular formula is C16H29Cl2N3OS. The Morgan fingerprint density at radius 1 is 1.30 bits per heavy atom. The molecule has 0 unspecified atom stereocenters. The zero-order valence-electron chi connectivity index (χ0n) is 14.2. The molecule has 0 aromatic carbocycles. The van der Waals surface area contributed by atoms with Crippen molar-refractivity contribution in [1.82, 2.24) is 10.3 Å². The number of hydrogen-bond donors (Lipinski definition) is 2. The Hall–Kier alpha value is -0.360. The molecule has 4 nitrogen and oxygen atoms in total. The van der Waals surface area contributed by atoms with E-state index in [0.29, 0.717) is 12.5 Å². The van der Waals surface area contributed by atoms with Gasteiger partial charge in [-0.15, -0.1) is 36.2 Å². The van der Waals surface area contributed by atoms with Crippen molar-refractivity contribution in [3.05, 3.63) is 15.6 Å². The molecule has 2 rings (SSSR count). The summed E-state index contributed by atoms with van der Waals surface area (Å²) in [7, 11) is 0. The number of carbonyl (C=O) groups is 1. The van der Waals surface area contributed by atoms with E-state index in [2.05, 4.69) is 24.1 Å². The first-order valence-electron chi connectivity index (χ1n) is 8.05. The molecule has 3 N–H and O–H groups in total. The monoisotopic (exact) mass is 381 g/mol. The first-order valence-corrected chi connectivity index (χ1v) is 8.86. The molecule has 0 saturated heterocycles. The Morgan fingerprint density at radius 3 is 2.35 bits per heavy atom. The highest BCUT2D eigenvalue weighted by molar-refractivity contribution is 7.13. The molecule has 0 aliphatic heterocycles. The topological polar surface area (TPSA) is 68.0 Å². The maximum absolute atomic E-state index is 12.6. The van der Waals surface area contributed by atoms with Gasteiger partial charge in [-0.25, -0.2) is 4.98 Å². The molecule has 1 aliphatic carbocycles. The first-order chi connectivity index (χ1) is 10.0. The van der Waals surface area contributed by atoms with Gasteiger partial charge in [-0.05, 0) is 32.6 Å². The zero-order valence-corrected chi connectivity index (χ0v) is 16.6. The molecule has 1 aromatic rings. The molecule has 1 heterocycles. The lowest BCUT2D eigenvalue weighted by atomic mass is 9.93. The van der Waals surface area contributed by atoms with Crippen LogP contribution < -0.4 is 11.1 Å². The summed E-state index contributed by atoms with van der Waals surface area (Å²) in [5.74, 6) is 0.551. The summed E-state index contributed by atoms with van der Waals surface area (Å²) in [4.78, 5) is 18.0. The third-order valence-electron chi connectivity index (χ3n) is 4.85. The van der Waals surface area contributed by atoms with Gasteiger partial charge in [0.2, 0.25) is 0 Å². The van der Waals surface area contributed by atoms with Gasteiger partial charge in [0.15, 0.2) is 0 Å². The van der Waals surface area contributed by atoms with Gasteiger partial charge < -0.3 is 11.1 Å². The fourth-order valence-corrected chi connectivity index (χ4v) is 4.17. The fraction of sp³-hybridized carbons (Fsp3) is 0.750. The second kappa shape index (κ2) is 9.82. The van der Waals surface area contributed by atoms with Crippen molar-refractivity contribution in [3.8, 4) is 0 Å². The number of halogens is 2. The van der Waals surface area contributed by atoms with Gasteiger partial charge in [0.25, 0.3) is 5.91 Å². The molecule has 1 fully saturated rings. The van der Waals surface area contributed by atoms with E-state index in [1.807, 2.05) is 6.92 Å². The van der Waals surface area contributed by atoms with Crippen LogP contribution in [0.3, 0.4) is 0 Å². The maximum Gasteiger partial charge on any atom is 0.263 e. The van der Waals surface area contributed by atoms with E-state index in [1.165, 1.54) is 25.7 Å². The Morgan fingerprint density at radius 2 is 1.87 bits per heavy atom. The lowest BCUT2D eigenvalue weighted by molar-refractivity contribution is 0.0898. The molecule has 134 valence electrons. The van der Waals surface area contributed by atoms with Crippen LogP contribution in [0.15, 0.2) is 0 Å². The van der Waals surface area contributed by atoms with Gasteiger partial charge in [-0.1, -0.05) is 26.7 Å². The summed E-state index contributed by atoms with van der Waals surface area (Å²) >= 11 is 1.57. The summed E-state index contributed by atoms with van der Waals surface area (Å²) in [6, 6.07) is 0. The highest BCUT2D eigenvalue weighted by Crippen LogP contribution is 2.37. The number of hydrogen-bond acceptors (Lipinski definition) is 4. The van der Waals surface area contributed by atoms with E-state index in [1.54, 1.807) is 11.3 Å². The predicted octanol–water partition coefficient (Wildman–Crippen LogP) is 4.20. The number of rotatable bonds is 6. The van der Waals surface area contributed by atoms with Crippen LogP contribution in [0.2, 0.25) is 0 Å². The number of nitrogens with one attached hydrogen (secondary N) is 1. The third-order valence-corrected chi connectivity index (χ3v) is 6.17. The van der Waals surface area contributed by atoms with Gasteiger partial charge >= 0.3 is 0 Å². The second-order valence-electron chi connectivity index (χ2n) is 6.09. The van der Waals surface area contributed by atoms with Crippen LogP contribution in [0.1, 0.15) is 78.7 Å². The maximum atomic E-state index is 12.6. The van der Waals surface area contributed by atoms with Crippen molar-refractivity contribution in [2.45, 2.75) is 70.8 Å². The van der Waals surface area contributed by atoms with Crippen molar-refractivity contribution in [2.24, 2.45) is 5.73 Å². The van der Waals surface area contributed by atoms with Gasteiger partial charge in [-0.3, -0.25) is 4.79 Å². The summed E-state index contributed by atoms with van der Waals surface area (Å²) in [6.07, 6.45) is 6.69. The zero-order chi connectivity index (χ0) is 15.5. The van der Waals surface area contributed by atoms with Crippen LogP contribution >= 0.6 is 36.2 Å². The molecule has 0 radical (unpaired) electrons. The summed E-state index contributed by atoms with van der Waals surface area (Å²) in [5.41, 5.74) is 6.44. The van der Waals surface area contributed by atoms with E-state index in [9.17, 15) is 4.79 Å². The van der Waals surface area contributed by atoms with Crippen molar-refractivity contribution < 1.29 is 4.79 Å². The van der Waals surface area contributed by atoms with Crippen LogP contribution in [0.4, 0.5) is 0 Å². The normalized spacial score (nSPS) is 15.0. The number of amides is 1. The minimum Gasteiger partial charge on any atom is -0.345 e. The largest absolute Gasteiger partial charge is 0.345 e. The minimum absolute atomic E-state index is 0. The Kier molecular flexibility index (Phi) is 9.67. The average molecular weight is 382 g/mol. The van der Waals surface area contributed by atoms with Crippen LogP contribution in [0, 0.1) is 6.92 Å². The van der Waals surface area contributed by atoms with Gasteiger partial charge in [0.1, 0.15) is 4.88 Å². The number of carbonyl (C=O) groups excluding carboxylic acids is 1. The molecule has 1 aromatic heterocycles. The molecule has 0 bridgehead atoms. The Balaban J connectivity index is 0.00000242. The van der Waals surface area contributed by atoms with E-state index in [4.69, 9.17) is 5.73 Å². The first kappa shape index (κ1) is 22.6. The van der Waals surface area contributed by atoms with Crippen molar-refractivity contribution in [1.29, 1.82) is 0 Å². The van der Waals surface area contributed by atoms with Crippen LogP contribution in [0.25, 0.3) is 0 Å². The molecule has 7 heteroatoms. The summed E-state index contributed by atoms with van der Waals surface area (Å²) < 4.78 is 0. The number of aromatic nitrogens is 1. The van der Waals surface area contributed by atoms with Crippen molar-refractivity contribution in [2.75, 3.05) is 6.54 Å². The van der Waals surface area contributed by atoms with E-state index >= 15 is 0 Å². The third kappa shape index (κ3) is 5.05. The van der Waals surface area contributed by atoms with Crippen LogP contribution in [-0.4, -0.2) is 23.0 Å². The summed E-state index contributed by atoms with van der Waals surface area (Å²) in [6.45, 7) is 6.55. The SMILES string of the molecule is CCC(CC)(CN)NC(=O)c1sc(C2CCCC2)nc1C.Cl.Cl. The number of aryl methyl sites for hydroxylation is 1. The molecule has 0 spiro atoms. The molecular weight excluding hydrogens is 353 g/mol. The highest BCUT2D eigenvalue weighted by Gasteiger charge is 2.29. The molecule has 1 saturated carbocycles. The fourth-order valence-electron chi connectivity index (χ4n) is 3.04. The van der Waals surface area contributed by atoms with Crippen molar-refractivity contribution in [3.63, 3.8) is 0 Å². The van der Waals surface area contributed by atoms with E-state index < -0.39 is 0 Å². The van der Waals surface area contributed by atoms with Gasteiger partial charge in [0, 0.05) is 12.5 Å². The predicted molar refractivity (Wildman–Crippen MR) is 102 cm³/mol. The van der Waals surface area contributed by atoms with Gasteiger partial charge in [-0.2, -0.15) is 0 Å². The second-order valence-corrected chi connectivity index (χ2v) is 7.12. The highest BCUT2D eigenvalue weighted by atomic mass is 35.5. The lowest BCUT2D eigenvalue weighted by Gasteiger charge is -2.31. The molecule has 0 atom stereocenters. The minimum atomic E-state index is -0.291. The Labute approximate surface area is 155 Å². The Bertz CT molecular complexity index is 489. The van der Waals surface area contributed by atoms with E-state index in [0.717, 1.165) is 28.4 Å². The number of thiazole rings is 1. The van der Waals surface area contributed by atoms with E-state index in [-0.39, 0.29) is 36.3 Å². The van der Waals surface area contributed by atoms with Crippen LogP contribution in [0.5, 0.6) is 0 Å². The molecule has 1 amide bonds. The standard InChI is InChI=1S/C16H27N3OS.2ClH/c1-4-16(5-2,10-17)19-14(20)13-11(3)18-15(21-13)12-8-6-7-9-12;;/h12H,4-10,17H2,1-3H3,(H,19,20);2*1H. The number of nitrogens with two attached hydrogens (primary N) is 1. The molecule has 1 aliphatic rings. The lowest BCUT2D eigenvalue weighted by Crippen LogP contribution is -2.52. The smallest absolute Gasteiger partial charge is 0.263 e. The quantitative estimate of drug-likeness (QED) is 0.775. The van der Waals surface area contributed by atoms with Crippen molar-refractivity contribution >= 4 is 42.1 Å². The summed E-state index contributed by atoms with van der Waals surface area (Å²) in [5, 5.41) is 4.29. The molecule has 23 heavy (non-hydrogen) atoms. The average Bonchev–Trinajstić information content (AvgIpc) is 3.14. The van der Waals surface area contributed by atoms with Gasteiger partial charge in [0.05, 0.1) is 16.2 Å².